The molecule has 1 unspecified atom stereocenters. The fraction of sp³-hybridized carbons (Fsp3) is 0.188. The van der Waals surface area contributed by atoms with Crippen molar-refractivity contribution in [1.82, 2.24) is 0 Å². The Morgan fingerprint density at radius 2 is 1.85 bits per heavy atom. The predicted octanol–water partition coefficient (Wildman–Crippen LogP) is 2.58. The van der Waals surface area contributed by atoms with Crippen molar-refractivity contribution in [2.75, 3.05) is 10.6 Å². The van der Waals surface area contributed by atoms with Crippen LogP contribution in [0.5, 0.6) is 5.75 Å². The molecule has 1 aliphatic heterocycles. The molecule has 20 heavy (non-hydrogen) atoms. The molecule has 3 rings (SSSR count). The highest BCUT2D eigenvalue weighted by atomic mass is 16.5. The summed E-state index contributed by atoms with van der Waals surface area (Å²) in [6.07, 6.45) is -0.477. The Balaban J connectivity index is 2.00. The number of fused-ring (bicyclic) bond motifs is 1. The molecular weight excluding hydrogens is 252 g/mol. The van der Waals surface area contributed by atoms with E-state index in [4.69, 9.17) is 10.5 Å². The van der Waals surface area contributed by atoms with Crippen LogP contribution in [-0.4, -0.2) is 12.0 Å². The summed E-state index contributed by atoms with van der Waals surface area (Å²) in [6, 6.07) is 15.1. The van der Waals surface area contributed by atoms with Gasteiger partial charge in [-0.2, -0.15) is 0 Å². The zero-order valence-electron chi connectivity index (χ0n) is 11.2. The van der Waals surface area contributed by atoms with Gasteiger partial charge in [0.15, 0.2) is 6.10 Å². The van der Waals surface area contributed by atoms with Crippen molar-refractivity contribution in [3.8, 4) is 5.75 Å². The zero-order chi connectivity index (χ0) is 14.1. The Kier molecular flexibility index (Phi) is 3.06. The number of hydrogen-bond donors (Lipinski definition) is 1. The predicted molar refractivity (Wildman–Crippen MR) is 78.6 cm³/mol. The number of nitrogens with two attached hydrogens (primary N) is 1. The van der Waals surface area contributed by atoms with Crippen molar-refractivity contribution >= 4 is 17.3 Å². The molecule has 2 aromatic rings. The van der Waals surface area contributed by atoms with Crippen LogP contribution in [0, 0.1) is 0 Å². The molecule has 0 aromatic heterocycles. The van der Waals surface area contributed by atoms with Crippen LogP contribution in [0.1, 0.15) is 12.5 Å². The number of para-hydroxylation sites is 3. The molecule has 0 radical (unpaired) electrons. The van der Waals surface area contributed by atoms with Gasteiger partial charge >= 0.3 is 0 Å². The van der Waals surface area contributed by atoms with E-state index in [2.05, 4.69) is 0 Å². The van der Waals surface area contributed by atoms with Crippen molar-refractivity contribution in [2.45, 2.75) is 19.6 Å². The highest BCUT2D eigenvalue weighted by molar-refractivity contribution is 5.99. The maximum Gasteiger partial charge on any atom is 0.268 e. The molecule has 2 aromatic carbocycles. The van der Waals surface area contributed by atoms with E-state index in [1.165, 1.54) is 0 Å². The fourth-order valence-electron chi connectivity index (χ4n) is 2.37. The van der Waals surface area contributed by atoms with Gasteiger partial charge in [0.25, 0.3) is 5.91 Å². The van der Waals surface area contributed by atoms with E-state index in [1.807, 2.05) is 48.5 Å². The van der Waals surface area contributed by atoms with Crippen molar-refractivity contribution < 1.29 is 9.53 Å². The van der Waals surface area contributed by atoms with Crippen LogP contribution < -0.4 is 15.4 Å². The smallest absolute Gasteiger partial charge is 0.268 e. The number of carbonyl (C=O) groups is 1. The minimum Gasteiger partial charge on any atom is -0.479 e. The molecule has 1 heterocycles. The first-order chi connectivity index (χ1) is 9.66. The van der Waals surface area contributed by atoms with Crippen LogP contribution in [0.4, 0.5) is 11.4 Å². The third-order valence-electron chi connectivity index (χ3n) is 3.46. The maximum atomic E-state index is 12.4. The van der Waals surface area contributed by atoms with Crippen LogP contribution in [-0.2, 0) is 11.3 Å². The summed E-state index contributed by atoms with van der Waals surface area (Å²) in [4.78, 5) is 14.1. The monoisotopic (exact) mass is 268 g/mol. The average Bonchev–Trinajstić information content (AvgIpc) is 2.46. The SMILES string of the molecule is CC1Oc2ccccc2N(Cc2ccccc2N)C1=O. The summed E-state index contributed by atoms with van der Waals surface area (Å²) in [5.74, 6) is 0.682. The third-order valence-corrected chi connectivity index (χ3v) is 3.46. The lowest BCUT2D eigenvalue weighted by molar-refractivity contribution is -0.125. The van der Waals surface area contributed by atoms with Gasteiger partial charge in [-0.25, -0.2) is 0 Å². The quantitative estimate of drug-likeness (QED) is 0.852. The lowest BCUT2D eigenvalue weighted by Gasteiger charge is -2.33. The van der Waals surface area contributed by atoms with E-state index in [-0.39, 0.29) is 5.91 Å². The first-order valence-electron chi connectivity index (χ1n) is 6.57. The molecule has 1 aliphatic rings. The summed E-state index contributed by atoms with van der Waals surface area (Å²) in [7, 11) is 0. The second kappa shape index (κ2) is 4.89. The Hall–Kier alpha value is -2.49. The topological polar surface area (TPSA) is 55.6 Å². The van der Waals surface area contributed by atoms with Gasteiger partial charge < -0.3 is 15.4 Å². The minimum atomic E-state index is -0.477. The average molecular weight is 268 g/mol. The second-order valence-electron chi connectivity index (χ2n) is 4.85. The molecule has 0 spiro atoms. The number of hydrogen-bond acceptors (Lipinski definition) is 3. The van der Waals surface area contributed by atoms with Crippen molar-refractivity contribution in [1.29, 1.82) is 0 Å². The Morgan fingerprint density at radius 3 is 2.65 bits per heavy atom. The van der Waals surface area contributed by atoms with Gasteiger partial charge in [-0.15, -0.1) is 0 Å². The Morgan fingerprint density at radius 1 is 1.15 bits per heavy atom. The van der Waals surface area contributed by atoms with Gasteiger partial charge in [0.05, 0.1) is 12.2 Å². The van der Waals surface area contributed by atoms with Crippen LogP contribution in [0.15, 0.2) is 48.5 Å². The van der Waals surface area contributed by atoms with E-state index < -0.39 is 6.10 Å². The number of nitrogens with zero attached hydrogens (tertiary/aromatic N) is 1. The van der Waals surface area contributed by atoms with Crippen LogP contribution >= 0.6 is 0 Å². The summed E-state index contributed by atoms with van der Waals surface area (Å²) < 4.78 is 5.62. The lowest BCUT2D eigenvalue weighted by Crippen LogP contribution is -2.44. The summed E-state index contributed by atoms with van der Waals surface area (Å²) in [5.41, 5.74) is 8.39. The van der Waals surface area contributed by atoms with E-state index in [0.29, 0.717) is 12.2 Å². The van der Waals surface area contributed by atoms with Gasteiger partial charge in [-0.05, 0) is 30.7 Å². The lowest BCUT2D eigenvalue weighted by atomic mass is 10.1. The number of carbonyl (C=O) groups excluding carboxylic acids is 1. The molecule has 0 saturated heterocycles. The van der Waals surface area contributed by atoms with E-state index in [1.54, 1.807) is 11.8 Å². The Labute approximate surface area is 117 Å². The Bertz CT molecular complexity index is 654. The van der Waals surface area contributed by atoms with Crippen LogP contribution in [0.25, 0.3) is 0 Å². The number of nitrogen functional groups attached to an aromatic ring is 1. The van der Waals surface area contributed by atoms with Crippen LogP contribution in [0.3, 0.4) is 0 Å². The van der Waals surface area contributed by atoms with E-state index in [9.17, 15) is 4.79 Å². The van der Waals surface area contributed by atoms with Gasteiger partial charge in [0, 0.05) is 5.69 Å². The number of ether oxygens (including phenoxy) is 1. The normalized spacial score (nSPS) is 17.6. The van der Waals surface area contributed by atoms with Gasteiger partial charge in [0.1, 0.15) is 5.75 Å². The third kappa shape index (κ3) is 2.09. The molecule has 4 heteroatoms. The highest BCUT2D eigenvalue weighted by Crippen LogP contribution is 2.35. The molecule has 0 bridgehead atoms. The summed E-state index contributed by atoms with van der Waals surface area (Å²) in [5, 5.41) is 0. The van der Waals surface area contributed by atoms with Gasteiger partial charge in [-0.1, -0.05) is 30.3 Å². The molecule has 0 saturated carbocycles. The summed E-state index contributed by atoms with van der Waals surface area (Å²) in [6.45, 7) is 2.22. The molecular formula is C16H16N2O2. The molecule has 1 amide bonds. The first kappa shape index (κ1) is 12.5. The van der Waals surface area contributed by atoms with E-state index in [0.717, 1.165) is 17.0 Å². The van der Waals surface area contributed by atoms with Gasteiger partial charge in [-0.3, -0.25) is 4.79 Å². The number of benzene rings is 2. The van der Waals surface area contributed by atoms with Crippen LogP contribution in [0.2, 0.25) is 0 Å². The number of amides is 1. The van der Waals surface area contributed by atoms with Crippen molar-refractivity contribution in [2.24, 2.45) is 0 Å². The number of rotatable bonds is 2. The minimum absolute atomic E-state index is 0.0491. The largest absolute Gasteiger partial charge is 0.479 e. The molecule has 0 aliphatic carbocycles. The van der Waals surface area contributed by atoms with Gasteiger partial charge in [0.2, 0.25) is 0 Å². The first-order valence-corrected chi connectivity index (χ1v) is 6.57. The maximum absolute atomic E-state index is 12.4. The molecule has 2 N–H and O–H groups in total. The standard InChI is InChI=1S/C16H16N2O2/c1-11-16(19)18(10-12-6-2-3-7-13(12)17)14-8-4-5-9-15(14)20-11/h2-9,11H,10,17H2,1H3. The molecule has 0 fully saturated rings. The summed E-state index contributed by atoms with van der Waals surface area (Å²) >= 11 is 0. The molecule has 4 nitrogen and oxygen atoms in total. The number of anilines is 2. The molecule has 1 atom stereocenters. The van der Waals surface area contributed by atoms with Crippen molar-refractivity contribution in [3.05, 3.63) is 54.1 Å². The molecule has 102 valence electrons. The highest BCUT2D eigenvalue weighted by Gasteiger charge is 2.31. The van der Waals surface area contributed by atoms with E-state index >= 15 is 0 Å². The second-order valence-corrected chi connectivity index (χ2v) is 4.85. The fourth-order valence-corrected chi connectivity index (χ4v) is 2.37. The zero-order valence-corrected chi connectivity index (χ0v) is 11.2. The van der Waals surface area contributed by atoms with Crippen molar-refractivity contribution in [3.63, 3.8) is 0 Å².